The Bertz CT molecular complexity index is 930. The van der Waals surface area contributed by atoms with Gasteiger partial charge in [-0.25, -0.2) is 8.42 Å². The lowest BCUT2D eigenvalue weighted by atomic mass is 10.0. The predicted octanol–water partition coefficient (Wildman–Crippen LogP) is 3.73. The fourth-order valence-corrected chi connectivity index (χ4v) is 5.32. The van der Waals surface area contributed by atoms with Gasteiger partial charge in [0.15, 0.2) is 15.1 Å². The first-order chi connectivity index (χ1) is 11.5. The Morgan fingerprint density at radius 2 is 1.75 bits per heavy atom. The number of anilines is 1. The largest absolute Gasteiger partial charge is 0.358 e. The minimum atomic E-state index is -3.71. The Morgan fingerprint density at radius 3 is 2.38 bits per heavy atom. The van der Waals surface area contributed by atoms with Gasteiger partial charge in [-0.1, -0.05) is 35.9 Å². The van der Waals surface area contributed by atoms with Gasteiger partial charge < -0.3 is 4.90 Å². The van der Waals surface area contributed by atoms with Crippen LogP contribution in [0.2, 0.25) is 5.02 Å². The molecular weight excluding hydrogens is 344 g/mol. The first-order valence-electron chi connectivity index (χ1n) is 7.80. The van der Waals surface area contributed by atoms with Crippen LogP contribution >= 0.6 is 11.6 Å². The average Bonchev–Trinajstić information content (AvgIpc) is 3.40. The highest BCUT2D eigenvalue weighted by Gasteiger charge is 2.49. The molecule has 4 nitrogen and oxygen atoms in total. The molecule has 4 rings (SSSR count). The zero-order chi connectivity index (χ0) is 16.9. The van der Waals surface area contributed by atoms with Gasteiger partial charge in [0, 0.05) is 11.1 Å². The van der Waals surface area contributed by atoms with E-state index in [4.69, 9.17) is 11.6 Å². The molecule has 1 aliphatic heterocycles. The van der Waals surface area contributed by atoms with Gasteiger partial charge in [-0.2, -0.15) is 5.26 Å². The van der Waals surface area contributed by atoms with E-state index in [0.717, 1.165) is 18.4 Å². The molecule has 1 fully saturated rings. The Hall–Kier alpha value is -2.03. The third kappa shape index (κ3) is 2.29. The number of hydrogen-bond donors (Lipinski definition) is 0. The maximum absolute atomic E-state index is 13.0. The summed E-state index contributed by atoms with van der Waals surface area (Å²) >= 11 is 5.97. The summed E-state index contributed by atoms with van der Waals surface area (Å²) in [4.78, 5) is 2.38. The zero-order valence-electron chi connectivity index (χ0n) is 12.8. The van der Waals surface area contributed by atoms with E-state index in [0.29, 0.717) is 10.7 Å². The highest BCUT2D eigenvalue weighted by molar-refractivity contribution is 7.92. The normalized spacial score (nSPS) is 24.9. The van der Waals surface area contributed by atoms with Crippen LogP contribution < -0.4 is 4.90 Å². The van der Waals surface area contributed by atoms with Gasteiger partial charge in [-0.3, -0.25) is 0 Å². The first kappa shape index (κ1) is 15.5. The minimum absolute atomic E-state index is 0.258. The first-order valence-corrected chi connectivity index (χ1v) is 9.73. The lowest BCUT2D eigenvalue weighted by Gasteiger charge is -2.41. The average molecular weight is 359 g/mol. The highest BCUT2D eigenvalue weighted by atomic mass is 35.5. The summed E-state index contributed by atoms with van der Waals surface area (Å²) < 4.78 is 26.0. The van der Waals surface area contributed by atoms with Crippen LogP contribution in [-0.4, -0.2) is 19.7 Å². The second kappa shape index (κ2) is 5.51. The van der Waals surface area contributed by atoms with E-state index in [1.54, 1.807) is 24.3 Å². The van der Waals surface area contributed by atoms with Crippen molar-refractivity contribution < 1.29 is 8.42 Å². The summed E-state index contributed by atoms with van der Waals surface area (Å²) in [5.74, 6) is 0. The molecule has 0 spiro atoms. The molecule has 0 bridgehead atoms. The Morgan fingerprint density at radius 1 is 1.08 bits per heavy atom. The van der Waals surface area contributed by atoms with Gasteiger partial charge in [-0.05, 0) is 42.7 Å². The number of hydrogen-bond acceptors (Lipinski definition) is 4. The van der Waals surface area contributed by atoms with E-state index in [9.17, 15) is 13.7 Å². The highest BCUT2D eigenvalue weighted by Crippen LogP contribution is 2.48. The third-order valence-corrected chi connectivity index (χ3v) is 6.89. The van der Waals surface area contributed by atoms with Crippen molar-refractivity contribution in [1.82, 2.24) is 0 Å². The van der Waals surface area contributed by atoms with Gasteiger partial charge >= 0.3 is 0 Å². The Balaban J connectivity index is 1.96. The van der Waals surface area contributed by atoms with E-state index in [-0.39, 0.29) is 10.9 Å². The molecule has 0 N–H and O–H groups in total. The van der Waals surface area contributed by atoms with Crippen molar-refractivity contribution in [3.05, 3.63) is 59.1 Å². The van der Waals surface area contributed by atoms with Crippen LogP contribution in [0.5, 0.6) is 0 Å². The van der Waals surface area contributed by atoms with Crippen molar-refractivity contribution in [1.29, 1.82) is 5.26 Å². The van der Waals surface area contributed by atoms with Crippen LogP contribution in [0.1, 0.15) is 24.4 Å². The molecule has 2 unspecified atom stereocenters. The van der Waals surface area contributed by atoms with E-state index in [2.05, 4.69) is 4.90 Å². The van der Waals surface area contributed by atoms with Crippen molar-refractivity contribution in [2.24, 2.45) is 0 Å². The quantitative estimate of drug-likeness (QED) is 0.820. The van der Waals surface area contributed by atoms with Gasteiger partial charge in [0.25, 0.3) is 0 Å². The molecule has 2 aliphatic rings. The van der Waals surface area contributed by atoms with E-state index in [1.807, 2.05) is 30.3 Å². The van der Waals surface area contributed by atoms with Crippen LogP contribution in [0.25, 0.3) is 0 Å². The maximum atomic E-state index is 13.0. The van der Waals surface area contributed by atoms with E-state index in [1.165, 1.54) is 0 Å². The lowest BCUT2D eigenvalue weighted by Crippen LogP contribution is -2.46. The number of nitrogens with zero attached hydrogens (tertiary/aromatic N) is 2. The number of nitriles is 1. The molecule has 2 aromatic rings. The number of halogens is 1. The van der Waals surface area contributed by atoms with Crippen LogP contribution in [-0.2, 0) is 9.84 Å². The van der Waals surface area contributed by atoms with Crippen LogP contribution in [0.3, 0.4) is 0 Å². The summed E-state index contributed by atoms with van der Waals surface area (Å²) in [5.41, 5.74) is 1.50. The number of benzene rings is 2. The molecule has 6 heteroatoms. The van der Waals surface area contributed by atoms with Gasteiger partial charge in [0.05, 0.1) is 22.7 Å². The number of rotatable bonds is 2. The van der Waals surface area contributed by atoms with Crippen LogP contribution in [0.4, 0.5) is 5.69 Å². The van der Waals surface area contributed by atoms with Gasteiger partial charge in [0.1, 0.15) is 0 Å². The molecule has 1 heterocycles. The van der Waals surface area contributed by atoms with Gasteiger partial charge in [-0.15, -0.1) is 0 Å². The summed E-state index contributed by atoms with van der Waals surface area (Å²) in [6, 6.07) is 15.9. The third-order valence-electron chi connectivity index (χ3n) is 4.65. The SMILES string of the molecule is N#CC1C(c2ccc(Cl)cc2)N(C2CC2)c2ccccc2S1(=O)=O. The van der Waals surface area contributed by atoms with Crippen molar-refractivity contribution in [3.63, 3.8) is 0 Å². The minimum Gasteiger partial charge on any atom is -0.358 e. The second-order valence-electron chi connectivity index (χ2n) is 6.20. The molecule has 24 heavy (non-hydrogen) atoms. The second-order valence-corrected chi connectivity index (χ2v) is 8.67. The summed E-state index contributed by atoms with van der Waals surface area (Å²) in [6.07, 6.45) is 2.02. The molecule has 2 aromatic carbocycles. The predicted molar refractivity (Wildman–Crippen MR) is 92.7 cm³/mol. The summed E-state index contributed by atoms with van der Waals surface area (Å²) in [6.45, 7) is 0. The molecule has 2 atom stereocenters. The zero-order valence-corrected chi connectivity index (χ0v) is 14.3. The molecular formula is C18H15ClN2O2S. The molecule has 122 valence electrons. The standard InChI is InChI=1S/C18H15ClN2O2S/c19-13-7-5-12(6-8-13)18-17(11-20)24(22,23)16-4-2-1-3-15(16)21(18)14-9-10-14/h1-8,14,17-18H,9-10H2. The molecule has 0 amide bonds. The fourth-order valence-electron chi connectivity index (χ4n) is 3.43. The number of sulfone groups is 1. The smallest absolute Gasteiger partial charge is 0.199 e. The molecule has 1 saturated carbocycles. The topological polar surface area (TPSA) is 61.2 Å². The van der Waals surface area contributed by atoms with Crippen LogP contribution in [0.15, 0.2) is 53.4 Å². The molecule has 0 radical (unpaired) electrons. The molecule has 0 saturated heterocycles. The van der Waals surface area contributed by atoms with E-state index < -0.39 is 21.1 Å². The fraction of sp³-hybridized carbons (Fsp3) is 0.278. The van der Waals surface area contributed by atoms with Crippen molar-refractivity contribution in [3.8, 4) is 6.07 Å². The Labute approximate surface area is 146 Å². The number of para-hydroxylation sites is 1. The molecule has 1 aliphatic carbocycles. The van der Waals surface area contributed by atoms with Crippen molar-refractivity contribution in [2.45, 2.75) is 35.1 Å². The number of fused-ring (bicyclic) bond motifs is 1. The lowest BCUT2D eigenvalue weighted by molar-refractivity contribution is 0.544. The van der Waals surface area contributed by atoms with Crippen LogP contribution in [0, 0.1) is 11.3 Å². The van der Waals surface area contributed by atoms with Crippen molar-refractivity contribution >= 4 is 27.1 Å². The molecule has 0 aromatic heterocycles. The monoisotopic (exact) mass is 358 g/mol. The maximum Gasteiger partial charge on any atom is 0.199 e. The Kier molecular flexibility index (Phi) is 3.56. The van der Waals surface area contributed by atoms with E-state index >= 15 is 0 Å². The van der Waals surface area contributed by atoms with Gasteiger partial charge in [0.2, 0.25) is 0 Å². The summed E-state index contributed by atoms with van der Waals surface area (Å²) in [7, 11) is -3.71. The summed E-state index contributed by atoms with van der Waals surface area (Å²) in [5, 5.41) is 9.13. The van der Waals surface area contributed by atoms with Crippen molar-refractivity contribution in [2.75, 3.05) is 4.90 Å².